The molecule has 6 heterocycles. The van der Waals surface area contributed by atoms with Gasteiger partial charge in [0.05, 0.1) is 77.3 Å². The molecule has 308 valence electrons. The molecule has 2 aromatic heterocycles. The lowest BCUT2D eigenvalue weighted by Gasteiger charge is -2.33. The van der Waals surface area contributed by atoms with Gasteiger partial charge in [0.2, 0.25) is 0 Å². The van der Waals surface area contributed by atoms with Gasteiger partial charge in [-0.2, -0.15) is 0 Å². The summed E-state index contributed by atoms with van der Waals surface area (Å²) in [7, 11) is 3.88. The molecule has 8 bridgehead atoms. The van der Waals surface area contributed by atoms with E-state index in [0.717, 1.165) is 36.0 Å². The van der Waals surface area contributed by atoms with Crippen LogP contribution in [0.3, 0.4) is 0 Å². The van der Waals surface area contributed by atoms with Crippen molar-refractivity contribution in [3.8, 4) is 0 Å². The Balaban J connectivity index is 1.64. The summed E-state index contributed by atoms with van der Waals surface area (Å²) in [5.74, 6) is -2.62. The Hall–Kier alpha value is -6.11. The minimum Gasteiger partial charge on any atom is -0.469 e. The minimum absolute atomic E-state index is 0.0141. The van der Waals surface area contributed by atoms with E-state index in [2.05, 4.69) is 23.8 Å². The molecule has 13 heteroatoms. The van der Waals surface area contributed by atoms with E-state index in [4.69, 9.17) is 24.2 Å². The van der Waals surface area contributed by atoms with Gasteiger partial charge in [-0.3, -0.25) is 19.3 Å². The van der Waals surface area contributed by atoms with Gasteiger partial charge >= 0.3 is 17.9 Å². The van der Waals surface area contributed by atoms with Gasteiger partial charge in [-0.15, -0.1) is 0 Å². The highest BCUT2D eigenvalue weighted by Gasteiger charge is 2.49. The number of unbranched alkanes of at least 4 members (excludes halogenated alkanes) is 3. The first kappa shape index (κ1) is 41.1. The van der Waals surface area contributed by atoms with E-state index in [9.17, 15) is 24.0 Å². The van der Waals surface area contributed by atoms with E-state index in [1.54, 1.807) is 0 Å². The number of esters is 3. The number of ether oxygens (including phenoxy) is 3. The normalized spacial score (nSPS) is 17.9. The molecule has 2 amide bonds. The molecular formula is C46H51N5O8. The van der Waals surface area contributed by atoms with Gasteiger partial charge < -0.3 is 24.2 Å². The van der Waals surface area contributed by atoms with Crippen LogP contribution in [0.2, 0.25) is 0 Å². The SMILES string of the molecule is CCCCCCN1C(=O)c2c3nc(cc4[nH]c(cc5nc(cc6[nH]c2c(c6C)C1=O)C(CC)=C5C)C1=CCC(C(=O)OC)=C(C(=O)OC)C14C)C(C)=C3CCC(=O)OC. The Kier molecular flexibility index (Phi) is 11.1. The number of fused-ring (bicyclic) bond motifs is 11. The number of hydrogen-bond donors (Lipinski definition) is 2. The predicted molar refractivity (Wildman–Crippen MR) is 224 cm³/mol. The summed E-state index contributed by atoms with van der Waals surface area (Å²) in [4.78, 5) is 87.8. The number of nitrogens with zero attached hydrogens (tertiary/aromatic N) is 3. The van der Waals surface area contributed by atoms with E-state index >= 15 is 0 Å². The van der Waals surface area contributed by atoms with Gasteiger partial charge in [0, 0.05) is 29.9 Å². The molecule has 4 aliphatic heterocycles. The number of H-pyrrole nitrogens is 2. The number of aromatic nitrogens is 4. The molecule has 0 radical (unpaired) electrons. The average Bonchev–Trinajstić information content (AvgIpc) is 3.90. The summed E-state index contributed by atoms with van der Waals surface area (Å²) < 4.78 is 15.5. The molecule has 0 fully saturated rings. The fourth-order valence-corrected chi connectivity index (χ4v) is 9.11. The number of methoxy groups -OCH3 is 3. The van der Waals surface area contributed by atoms with Crippen LogP contribution >= 0.6 is 0 Å². The van der Waals surface area contributed by atoms with Crippen LogP contribution in [-0.2, 0) is 34.0 Å². The van der Waals surface area contributed by atoms with Crippen LogP contribution in [0, 0.1) is 6.92 Å². The van der Waals surface area contributed by atoms with Crippen molar-refractivity contribution in [2.45, 2.75) is 98.3 Å². The fraction of sp³-hybridized carbons (Fsp3) is 0.413. The van der Waals surface area contributed by atoms with Crippen molar-refractivity contribution in [1.82, 2.24) is 24.8 Å². The first-order valence-corrected chi connectivity index (χ1v) is 20.3. The molecular weight excluding hydrogens is 751 g/mol. The van der Waals surface area contributed by atoms with Crippen molar-refractivity contribution in [3.63, 3.8) is 0 Å². The van der Waals surface area contributed by atoms with Crippen LogP contribution in [0.5, 0.6) is 0 Å². The summed E-state index contributed by atoms with van der Waals surface area (Å²) in [6.07, 6.45) is 6.41. The fourth-order valence-electron chi connectivity index (χ4n) is 9.11. The number of carbonyl (C=O) groups is 5. The maximum absolute atomic E-state index is 14.9. The van der Waals surface area contributed by atoms with Crippen molar-refractivity contribution >= 4 is 68.6 Å². The van der Waals surface area contributed by atoms with Crippen molar-refractivity contribution < 1.29 is 38.2 Å². The number of amides is 2. The number of aromatic amines is 2. The lowest BCUT2D eigenvalue weighted by atomic mass is 9.68. The quantitative estimate of drug-likeness (QED) is 0.0978. The molecule has 0 saturated heterocycles. The molecule has 0 aromatic carbocycles. The monoisotopic (exact) mass is 801 g/mol. The second-order valence-electron chi connectivity index (χ2n) is 15.6. The Morgan fingerprint density at radius 2 is 1.51 bits per heavy atom. The van der Waals surface area contributed by atoms with Gasteiger partial charge in [-0.1, -0.05) is 39.2 Å². The Bertz CT molecular complexity index is 2560. The number of carbonyl (C=O) groups excluding carboxylic acids is 5. The number of rotatable bonds is 11. The first-order valence-electron chi connectivity index (χ1n) is 20.3. The van der Waals surface area contributed by atoms with Crippen molar-refractivity contribution in [1.29, 1.82) is 0 Å². The lowest BCUT2D eigenvalue weighted by Crippen LogP contribution is -2.41. The van der Waals surface area contributed by atoms with Crippen molar-refractivity contribution in [3.05, 3.63) is 86.3 Å². The standard InChI is InChI=1S/C46H51N5O8/c1-10-12-13-14-19-51-42(53)37-25(5)31-20-33-26(11-2)23(3)30(47-33)21-34-29-17-15-28(44(55)58-8)39(45(56)59-9)46(29,6)35(48-34)22-32-24(4)27(16-18-36(52)57-7)40(49-32)38(43(51)54)41(37)50-31/h17,20-22,48,50H,10-16,18-19H2,1-9H3. The van der Waals surface area contributed by atoms with Crippen molar-refractivity contribution in [2.75, 3.05) is 27.9 Å². The topological polar surface area (TPSA) is 174 Å². The first-order chi connectivity index (χ1) is 28.2. The molecule has 1 aliphatic carbocycles. The zero-order chi connectivity index (χ0) is 42.5. The van der Waals surface area contributed by atoms with Crippen LogP contribution in [0.15, 0.2) is 35.4 Å². The van der Waals surface area contributed by atoms with Gasteiger partial charge in [-0.25, -0.2) is 19.6 Å². The molecule has 7 rings (SSSR count). The molecule has 2 aromatic rings. The summed E-state index contributed by atoms with van der Waals surface area (Å²) in [6.45, 7) is 12.0. The summed E-state index contributed by atoms with van der Waals surface area (Å²) in [5, 5.41) is 0. The molecule has 0 spiro atoms. The predicted octanol–water partition coefficient (Wildman–Crippen LogP) is 8.13. The van der Waals surface area contributed by atoms with Gasteiger partial charge in [-0.05, 0) is 105 Å². The third kappa shape index (κ3) is 6.60. The van der Waals surface area contributed by atoms with Crippen LogP contribution in [0.4, 0.5) is 0 Å². The highest BCUT2D eigenvalue weighted by molar-refractivity contribution is 6.24. The Morgan fingerprint density at radius 1 is 0.814 bits per heavy atom. The zero-order valence-corrected chi connectivity index (χ0v) is 35.3. The Morgan fingerprint density at radius 3 is 2.19 bits per heavy atom. The average molecular weight is 802 g/mol. The number of imide groups is 1. The second kappa shape index (κ2) is 15.9. The highest BCUT2D eigenvalue weighted by atomic mass is 16.5. The molecule has 59 heavy (non-hydrogen) atoms. The second-order valence-corrected chi connectivity index (χ2v) is 15.6. The van der Waals surface area contributed by atoms with Crippen LogP contribution in [0.25, 0.3) is 38.9 Å². The van der Waals surface area contributed by atoms with E-state index in [-0.39, 0.29) is 48.4 Å². The van der Waals surface area contributed by atoms with Gasteiger partial charge in [0.15, 0.2) is 0 Å². The minimum atomic E-state index is -1.25. The number of allylic oxidation sites excluding steroid dienone is 6. The Labute approximate surface area is 343 Å². The summed E-state index contributed by atoms with van der Waals surface area (Å²) >= 11 is 0. The van der Waals surface area contributed by atoms with Gasteiger partial charge in [0.25, 0.3) is 11.8 Å². The molecule has 0 saturated carbocycles. The molecule has 5 aliphatic rings. The van der Waals surface area contributed by atoms with Crippen LogP contribution in [0.1, 0.15) is 146 Å². The van der Waals surface area contributed by atoms with Crippen LogP contribution < -0.4 is 0 Å². The largest absolute Gasteiger partial charge is 0.469 e. The number of nitrogens with one attached hydrogen (secondary N) is 2. The maximum Gasteiger partial charge on any atom is 0.335 e. The van der Waals surface area contributed by atoms with Gasteiger partial charge in [0.1, 0.15) is 0 Å². The molecule has 1 unspecified atom stereocenters. The zero-order valence-electron chi connectivity index (χ0n) is 35.3. The van der Waals surface area contributed by atoms with Crippen LogP contribution in [-0.4, -0.2) is 82.4 Å². The highest BCUT2D eigenvalue weighted by Crippen LogP contribution is 2.52. The molecule has 1 atom stereocenters. The van der Waals surface area contributed by atoms with Crippen molar-refractivity contribution in [2.24, 2.45) is 0 Å². The third-order valence-corrected chi connectivity index (χ3v) is 12.4. The maximum atomic E-state index is 14.9. The smallest absolute Gasteiger partial charge is 0.335 e. The lowest BCUT2D eigenvalue weighted by molar-refractivity contribution is -0.140. The van der Waals surface area contributed by atoms with E-state index < -0.39 is 29.2 Å². The molecule has 13 nitrogen and oxygen atoms in total. The van der Waals surface area contributed by atoms with E-state index in [0.29, 0.717) is 80.3 Å². The third-order valence-electron chi connectivity index (χ3n) is 12.4. The number of aryl methyl sites for hydroxylation is 1. The summed E-state index contributed by atoms with van der Waals surface area (Å²) in [5.41, 5.74) is 8.83. The summed E-state index contributed by atoms with van der Waals surface area (Å²) in [6, 6.07) is 5.70. The van der Waals surface area contributed by atoms with E-state index in [1.807, 2.05) is 52.0 Å². The van der Waals surface area contributed by atoms with E-state index in [1.165, 1.54) is 26.2 Å². The molecule has 2 N–H and O–H groups in total. The number of hydrogen-bond acceptors (Lipinski definition) is 10.